The quantitative estimate of drug-likeness (QED) is 0.682. The number of aromatic nitrogens is 2. The van der Waals surface area contributed by atoms with Gasteiger partial charge in [-0.1, -0.05) is 35.3 Å². The predicted octanol–water partition coefficient (Wildman–Crippen LogP) is 4.22. The molecule has 5 nitrogen and oxygen atoms in total. The predicted molar refractivity (Wildman–Crippen MR) is 90.8 cm³/mol. The number of rotatable bonds is 5. The molecule has 0 unspecified atom stereocenters. The molecule has 3 rings (SSSR count). The van der Waals surface area contributed by atoms with Crippen molar-refractivity contribution >= 4 is 29.1 Å². The van der Waals surface area contributed by atoms with Gasteiger partial charge in [-0.15, -0.1) is 0 Å². The Kier molecular flexibility index (Phi) is 5.13. The second kappa shape index (κ2) is 7.47. The molecule has 0 saturated heterocycles. The number of oxazole rings is 1. The summed E-state index contributed by atoms with van der Waals surface area (Å²) in [5, 5.41) is 1.05. The zero-order valence-electron chi connectivity index (χ0n) is 12.5. The molecule has 1 amide bonds. The van der Waals surface area contributed by atoms with Gasteiger partial charge >= 0.3 is 0 Å². The highest BCUT2D eigenvalue weighted by Crippen LogP contribution is 2.23. The number of carbonyl (C=O) groups is 1. The van der Waals surface area contributed by atoms with Crippen molar-refractivity contribution in [3.63, 3.8) is 0 Å². The smallest absolute Gasteiger partial charge is 0.276 e. The lowest BCUT2D eigenvalue weighted by Gasteiger charge is -2.22. The Bertz CT molecular complexity index is 823. The zero-order chi connectivity index (χ0) is 16.9. The molecule has 0 fully saturated rings. The summed E-state index contributed by atoms with van der Waals surface area (Å²) in [7, 11) is 0. The van der Waals surface area contributed by atoms with E-state index in [1.165, 1.54) is 12.7 Å². The van der Waals surface area contributed by atoms with E-state index in [4.69, 9.17) is 27.6 Å². The standard InChI is InChI=1S/C17H13Cl2N3O2/c18-14-4-3-13(15(19)6-14)9-22(8-12-2-1-5-20-7-12)17(23)16-10-24-11-21-16/h1-7,10-11H,8-9H2. The van der Waals surface area contributed by atoms with Crippen LogP contribution in [0.3, 0.4) is 0 Å². The first-order chi connectivity index (χ1) is 11.6. The Balaban J connectivity index is 1.87. The van der Waals surface area contributed by atoms with E-state index in [1.54, 1.807) is 35.5 Å². The van der Waals surface area contributed by atoms with Crippen LogP contribution in [-0.2, 0) is 13.1 Å². The molecule has 0 aliphatic rings. The maximum atomic E-state index is 12.7. The molecule has 0 aliphatic heterocycles. The lowest BCUT2D eigenvalue weighted by atomic mass is 10.2. The van der Waals surface area contributed by atoms with Crippen molar-refractivity contribution < 1.29 is 9.21 Å². The molecule has 2 aromatic heterocycles. The van der Waals surface area contributed by atoms with Crippen LogP contribution in [0.15, 0.2) is 59.8 Å². The Morgan fingerprint density at radius 2 is 2.08 bits per heavy atom. The normalized spacial score (nSPS) is 10.6. The first-order valence-electron chi connectivity index (χ1n) is 7.14. The van der Waals surface area contributed by atoms with Gasteiger partial charge in [-0.2, -0.15) is 0 Å². The van der Waals surface area contributed by atoms with E-state index in [1.807, 2.05) is 12.1 Å². The van der Waals surface area contributed by atoms with E-state index in [0.29, 0.717) is 23.1 Å². The van der Waals surface area contributed by atoms with Gasteiger partial charge in [0.1, 0.15) is 6.26 Å². The van der Waals surface area contributed by atoms with Crippen LogP contribution in [-0.4, -0.2) is 20.8 Å². The highest BCUT2D eigenvalue weighted by Gasteiger charge is 2.20. The van der Waals surface area contributed by atoms with Crippen LogP contribution in [0.1, 0.15) is 21.6 Å². The summed E-state index contributed by atoms with van der Waals surface area (Å²) in [6.45, 7) is 0.690. The molecule has 24 heavy (non-hydrogen) atoms. The number of nitrogens with zero attached hydrogens (tertiary/aromatic N) is 3. The fourth-order valence-corrected chi connectivity index (χ4v) is 2.72. The number of halogens is 2. The largest absolute Gasteiger partial charge is 0.451 e. The van der Waals surface area contributed by atoms with Crippen molar-refractivity contribution in [2.24, 2.45) is 0 Å². The highest BCUT2D eigenvalue weighted by atomic mass is 35.5. The summed E-state index contributed by atoms with van der Waals surface area (Å²) in [6, 6.07) is 8.92. The van der Waals surface area contributed by atoms with Crippen LogP contribution in [0.5, 0.6) is 0 Å². The molecule has 0 atom stereocenters. The summed E-state index contributed by atoms with van der Waals surface area (Å²) in [5.41, 5.74) is 1.94. The second-order valence-corrected chi connectivity index (χ2v) is 5.98. The van der Waals surface area contributed by atoms with E-state index < -0.39 is 0 Å². The topological polar surface area (TPSA) is 59.2 Å². The molecule has 1 aromatic carbocycles. The van der Waals surface area contributed by atoms with Crippen LogP contribution in [0, 0.1) is 0 Å². The molecular weight excluding hydrogens is 349 g/mol. The van der Waals surface area contributed by atoms with Gasteiger partial charge < -0.3 is 9.32 Å². The van der Waals surface area contributed by atoms with Crippen molar-refractivity contribution in [2.45, 2.75) is 13.1 Å². The molecule has 2 heterocycles. The lowest BCUT2D eigenvalue weighted by molar-refractivity contribution is 0.0724. The van der Waals surface area contributed by atoms with E-state index in [0.717, 1.165) is 11.1 Å². The lowest BCUT2D eigenvalue weighted by Crippen LogP contribution is -2.30. The molecule has 3 aromatic rings. The summed E-state index contributed by atoms with van der Waals surface area (Å²) < 4.78 is 4.91. The summed E-state index contributed by atoms with van der Waals surface area (Å²) >= 11 is 12.2. The van der Waals surface area contributed by atoms with Crippen LogP contribution >= 0.6 is 23.2 Å². The molecule has 0 spiro atoms. The molecule has 0 saturated carbocycles. The zero-order valence-corrected chi connectivity index (χ0v) is 14.0. The Morgan fingerprint density at radius 1 is 1.21 bits per heavy atom. The van der Waals surface area contributed by atoms with Gasteiger partial charge in [0.05, 0.1) is 0 Å². The number of pyridine rings is 1. The SMILES string of the molecule is O=C(c1cocn1)N(Cc1cccnc1)Cc1ccc(Cl)cc1Cl. The third-order valence-corrected chi connectivity index (χ3v) is 4.00. The fourth-order valence-electron chi connectivity index (χ4n) is 2.25. The number of hydrogen-bond donors (Lipinski definition) is 0. The van der Waals surface area contributed by atoms with Gasteiger partial charge in [0.2, 0.25) is 0 Å². The summed E-state index contributed by atoms with van der Waals surface area (Å²) in [5.74, 6) is -0.251. The Hall–Kier alpha value is -2.37. The minimum absolute atomic E-state index is 0.240. The Morgan fingerprint density at radius 3 is 2.75 bits per heavy atom. The van der Waals surface area contributed by atoms with Crippen LogP contribution in [0.4, 0.5) is 0 Å². The number of carbonyl (C=O) groups excluding carboxylic acids is 1. The molecule has 0 bridgehead atoms. The minimum atomic E-state index is -0.251. The average Bonchev–Trinajstić information content (AvgIpc) is 3.11. The minimum Gasteiger partial charge on any atom is -0.451 e. The van der Waals surface area contributed by atoms with Gasteiger partial charge in [-0.3, -0.25) is 9.78 Å². The van der Waals surface area contributed by atoms with E-state index in [2.05, 4.69) is 9.97 Å². The third kappa shape index (κ3) is 3.93. The molecule has 0 radical (unpaired) electrons. The first kappa shape index (κ1) is 16.5. The molecule has 0 N–H and O–H groups in total. The van der Waals surface area contributed by atoms with Crippen molar-refractivity contribution in [1.82, 2.24) is 14.9 Å². The van der Waals surface area contributed by atoms with Crippen LogP contribution < -0.4 is 0 Å². The van der Waals surface area contributed by atoms with Gasteiger partial charge in [0.25, 0.3) is 5.91 Å². The van der Waals surface area contributed by atoms with Gasteiger partial charge in [-0.05, 0) is 29.3 Å². The van der Waals surface area contributed by atoms with Crippen molar-refractivity contribution in [3.05, 3.63) is 82.2 Å². The van der Waals surface area contributed by atoms with Gasteiger partial charge in [-0.25, -0.2) is 4.98 Å². The van der Waals surface area contributed by atoms with E-state index >= 15 is 0 Å². The fraction of sp³-hybridized carbons (Fsp3) is 0.118. The number of amides is 1. The summed E-state index contributed by atoms with van der Waals surface area (Å²) in [4.78, 5) is 22.3. The number of benzene rings is 1. The molecule has 0 aliphatic carbocycles. The molecule has 122 valence electrons. The van der Waals surface area contributed by atoms with Crippen LogP contribution in [0.25, 0.3) is 0 Å². The Labute approximate surface area is 148 Å². The van der Waals surface area contributed by atoms with Gasteiger partial charge in [0.15, 0.2) is 12.1 Å². The monoisotopic (exact) mass is 361 g/mol. The summed E-state index contributed by atoms with van der Waals surface area (Å²) in [6.07, 6.45) is 5.95. The molecule has 7 heteroatoms. The van der Waals surface area contributed by atoms with Crippen molar-refractivity contribution in [3.8, 4) is 0 Å². The third-order valence-electron chi connectivity index (χ3n) is 3.41. The number of hydrogen-bond acceptors (Lipinski definition) is 4. The average molecular weight is 362 g/mol. The second-order valence-electron chi connectivity index (χ2n) is 5.13. The maximum absolute atomic E-state index is 12.7. The molecular formula is C17H13Cl2N3O2. The van der Waals surface area contributed by atoms with E-state index in [-0.39, 0.29) is 11.6 Å². The van der Waals surface area contributed by atoms with Gasteiger partial charge in [0, 0.05) is 35.5 Å². The van der Waals surface area contributed by atoms with Crippen molar-refractivity contribution in [2.75, 3.05) is 0 Å². The first-order valence-corrected chi connectivity index (χ1v) is 7.89. The van der Waals surface area contributed by atoms with Crippen molar-refractivity contribution in [1.29, 1.82) is 0 Å². The highest BCUT2D eigenvalue weighted by molar-refractivity contribution is 6.35. The van der Waals surface area contributed by atoms with Crippen LogP contribution in [0.2, 0.25) is 10.0 Å². The van der Waals surface area contributed by atoms with E-state index in [9.17, 15) is 4.79 Å². The maximum Gasteiger partial charge on any atom is 0.276 e.